The molecule has 0 saturated carbocycles. The standard InChI is InChI=1S/C12H16ClNO4S2/c1-9-4-5-10(8-11(9)20(13,17)18)12(15)14-6-3-7-19(2)16/h4-5,8H,3,6-7H2,1-2H3,(H,14,15). The highest BCUT2D eigenvalue weighted by Gasteiger charge is 2.16. The maximum absolute atomic E-state index is 11.9. The van der Waals surface area contributed by atoms with Crippen molar-refractivity contribution in [2.24, 2.45) is 0 Å². The summed E-state index contributed by atoms with van der Waals surface area (Å²) in [4.78, 5) is 11.8. The van der Waals surface area contributed by atoms with Crippen LogP contribution in [0.15, 0.2) is 23.1 Å². The van der Waals surface area contributed by atoms with Gasteiger partial charge < -0.3 is 5.32 Å². The fourth-order valence-electron chi connectivity index (χ4n) is 1.58. The summed E-state index contributed by atoms with van der Waals surface area (Å²) in [7, 11) is 0.544. The molecule has 112 valence electrons. The first kappa shape index (κ1) is 17.1. The average Bonchev–Trinajstić information content (AvgIpc) is 2.33. The van der Waals surface area contributed by atoms with Gasteiger partial charge in [0.2, 0.25) is 0 Å². The van der Waals surface area contributed by atoms with E-state index < -0.39 is 19.9 Å². The normalized spacial score (nSPS) is 12.9. The van der Waals surface area contributed by atoms with Crippen LogP contribution in [0.3, 0.4) is 0 Å². The summed E-state index contributed by atoms with van der Waals surface area (Å²) in [5, 5.41) is 2.64. The molecule has 1 aromatic carbocycles. The van der Waals surface area contributed by atoms with Crippen molar-refractivity contribution >= 4 is 36.4 Å². The third-order valence-electron chi connectivity index (χ3n) is 2.61. The quantitative estimate of drug-likeness (QED) is 0.629. The zero-order valence-electron chi connectivity index (χ0n) is 11.2. The Morgan fingerprint density at radius 1 is 1.40 bits per heavy atom. The fourth-order valence-corrected chi connectivity index (χ4v) is 3.35. The van der Waals surface area contributed by atoms with E-state index in [1.54, 1.807) is 13.2 Å². The summed E-state index contributed by atoms with van der Waals surface area (Å²) in [5.41, 5.74) is 0.713. The molecule has 1 amide bonds. The molecule has 20 heavy (non-hydrogen) atoms. The smallest absolute Gasteiger partial charge is 0.261 e. The lowest BCUT2D eigenvalue weighted by atomic mass is 10.1. The second kappa shape index (κ2) is 7.19. The van der Waals surface area contributed by atoms with Gasteiger partial charge in [0.25, 0.3) is 15.0 Å². The van der Waals surface area contributed by atoms with Crippen LogP contribution in [0.1, 0.15) is 22.3 Å². The number of rotatable bonds is 6. The molecular weight excluding hydrogens is 322 g/mol. The molecule has 0 aliphatic rings. The molecule has 0 heterocycles. The van der Waals surface area contributed by atoms with E-state index in [9.17, 15) is 17.4 Å². The largest absolute Gasteiger partial charge is 0.352 e. The first-order chi connectivity index (χ1) is 9.21. The SMILES string of the molecule is Cc1ccc(C(=O)NCCCS(C)=O)cc1S(=O)(=O)Cl. The van der Waals surface area contributed by atoms with Gasteiger partial charge in [-0.3, -0.25) is 9.00 Å². The molecule has 1 atom stereocenters. The van der Waals surface area contributed by atoms with Gasteiger partial charge in [-0.1, -0.05) is 6.07 Å². The monoisotopic (exact) mass is 337 g/mol. The number of carbonyl (C=O) groups is 1. The molecule has 5 nitrogen and oxygen atoms in total. The summed E-state index contributed by atoms with van der Waals surface area (Å²) in [6, 6.07) is 4.32. The second-order valence-corrected chi connectivity index (χ2v) is 8.39. The van der Waals surface area contributed by atoms with Gasteiger partial charge in [0.1, 0.15) is 0 Å². The van der Waals surface area contributed by atoms with Gasteiger partial charge in [-0.05, 0) is 31.0 Å². The van der Waals surface area contributed by atoms with Crippen molar-refractivity contribution in [1.82, 2.24) is 5.32 Å². The summed E-state index contributed by atoms with van der Waals surface area (Å²) in [6.45, 7) is 1.99. The topological polar surface area (TPSA) is 80.3 Å². The van der Waals surface area contributed by atoms with E-state index in [2.05, 4.69) is 5.32 Å². The van der Waals surface area contributed by atoms with Gasteiger partial charge in [-0.25, -0.2) is 8.42 Å². The van der Waals surface area contributed by atoms with E-state index in [4.69, 9.17) is 10.7 Å². The van der Waals surface area contributed by atoms with E-state index in [-0.39, 0.29) is 16.4 Å². The number of benzene rings is 1. The fraction of sp³-hybridized carbons (Fsp3) is 0.417. The third kappa shape index (κ3) is 5.22. The zero-order valence-corrected chi connectivity index (χ0v) is 13.6. The van der Waals surface area contributed by atoms with Crippen LogP contribution in [0.4, 0.5) is 0 Å². The van der Waals surface area contributed by atoms with Gasteiger partial charge in [0, 0.05) is 45.6 Å². The molecule has 8 heteroatoms. The average molecular weight is 338 g/mol. The van der Waals surface area contributed by atoms with E-state index >= 15 is 0 Å². The van der Waals surface area contributed by atoms with Gasteiger partial charge in [0.05, 0.1) is 4.90 Å². The molecule has 0 bridgehead atoms. The van der Waals surface area contributed by atoms with Crippen molar-refractivity contribution in [3.05, 3.63) is 29.3 Å². The van der Waals surface area contributed by atoms with Crippen LogP contribution < -0.4 is 5.32 Å². The minimum Gasteiger partial charge on any atom is -0.352 e. The minimum absolute atomic E-state index is 0.0681. The van der Waals surface area contributed by atoms with E-state index in [0.29, 0.717) is 24.3 Å². The first-order valence-electron chi connectivity index (χ1n) is 5.85. The number of aryl methyl sites for hydroxylation is 1. The van der Waals surface area contributed by atoms with Gasteiger partial charge in [0.15, 0.2) is 0 Å². The molecular formula is C12H16ClNO4S2. The molecule has 0 saturated heterocycles. The second-order valence-electron chi connectivity index (χ2n) is 4.30. The lowest BCUT2D eigenvalue weighted by molar-refractivity contribution is 0.0953. The van der Waals surface area contributed by atoms with Gasteiger partial charge in [-0.2, -0.15) is 0 Å². The number of halogens is 1. The molecule has 1 rings (SSSR count). The maximum atomic E-state index is 11.9. The van der Waals surface area contributed by atoms with Crippen molar-refractivity contribution in [1.29, 1.82) is 0 Å². The molecule has 0 spiro atoms. The number of hydrogen-bond acceptors (Lipinski definition) is 4. The van der Waals surface area contributed by atoms with Crippen LogP contribution >= 0.6 is 10.7 Å². The highest BCUT2D eigenvalue weighted by Crippen LogP contribution is 2.20. The lowest BCUT2D eigenvalue weighted by Crippen LogP contribution is -2.25. The molecule has 1 N–H and O–H groups in total. The molecule has 0 aliphatic carbocycles. The molecule has 0 aliphatic heterocycles. The van der Waals surface area contributed by atoms with Crippen LogP contribution in [0.2, 0.25) is 0 Å². The number of carbonyl (C=O) groups excluding carboxylic acids is 1. The Balaban J connectivity index is 2.77. The number of amides is 1. The predicted octanol–water partition coefficient (Wildman–Crippen LogP) is 1.42. The molecule has 0 fully saturated rings. The number of nitrogens with one attached hydrogen (secondary N) is 1. The summed E-state index contributed by atoms with van der Waals surface area (Å²) < 4.78 is 33.6. The van der Waals surface area contributed by atoms with Crippen molar-refractivity contribution in [2.45, 2.75) is 18.2 Å². The van der Waals surface area contributed by atoms with Crippen molar-refractivity contribution in [3.8, 4) is 0 Å². The Labute approximate surface area is 125 Å². The maximum Gasteiger partial charge on any atom is 0.261 e. The molecule has 0 radical (unpaired) electrons. The van der Waals surface area contributed by atoms with Crippen LogP contribution in [0.25, 0.3) is 0 Å². The summed E-state index contributed by atoms with van der Waals surface area (Å²) in [6.07, 6.45) is 2.20. The highest BCUT2D eigenvalue weighted by molar-refractivity contribution is 8.13. The Kier molecular flexibility index (Phi) is 6.16. The Morgan fingerprint density at radius 2 is 2.05 bits per heavy atom. The number of hydrogen-bond donors (Lipinski definition) is 1. The Hall–Kier alpha value is -0.920. The van der Waals surface area contributed by atoms with Gasteiger partial charge in [-0.15, -0.1) is 0 Å². The molecule has 1 unspecified atom stereocenters. The predicted molar refractivity (Wildman–Crippen MR) is 80.1 cm³/mol. The summed E-state index contributed by atoms with van der Waals surface area (Å²) in [5.74, 6) is 0.128. The van der Waals surface area contributed by atoms with Crippen LogP contribution in [0, 0.1) is 6.92 Å². The molecule has 1 aromatic rings. The Bertz CT molecular complexity index is 628. The van der Waals surface area contributed by atoms with E-state index in [0.717, 1.165) is 0 Å². The Morgan fingerprint density at radius 3 is 2.60 bits per heavy atom. The minimum atomic E-state index is -3.87. The van der Waals surface area contributed by atoms with Crippen molar-refractivity contribution in [3.63, 3.8) is 0 Å². The zero-order chi connectivity index (χ0) is 15.3. The summed E-state index contributed by atoms with van der Waals surface area (Å²) >= 11 is 0. The molecule has 0 aromatic heterocycles. The lowest BCUT2D eigenvalue weighted by Gasteiger charge is -2.07. The van der Waals surface area contributed by atoms with Crippen molar-refractivity contribution in [2.75, 3.05) is 18.6 Å². The highest BCUT2D eigenvalue weighted by atomic mass is 35.7. The van der Waals surface area contributed by atoms with Crippen LogP contribution in [-0.4, -0.2) is 37.1 Å². The van der Waals surface area contributed by atoms with E-state index in [1.807, 2.05) is 0 Å². The van der Waals surface area contributed by atoms with Crippen molar-refractivity contribution < 1.29 is 17.4 Å². The van der Waals surface area contributed by atoms with Gasteiger partial charge >= 0.3 is 0 Å². The van der Waals surface area contributed by atoms with Crippen LogP contribution in [-0.2, 0) is 19.9 Å². The van der Waals surface area contributed by atoms with E-state index in [1.165, 1.54) is 18.2 Å². The first-order valence-corrected chi connectivity index (χ1v) is 9.89. The van der Waals surface area contributed by atoms with Crippen LogP contribution in [0.5, 0.6) is 0 Å². The third-order valence-corrected chi connectivity index (χ3v) is 4.93.